The fourth-order valence-corrected chi connectivity index (χ4v) is 6.40. The number of H-pyrrole nitrogens is 1. The first-order valence-corrected chi connectivity index (χ1v) is 13.5. The molecule has 1 heteroatoms. The van der Waals surface area contributed by atoms with Crippen LogP contribution in [0.3, 0.4) is 0 Å². The molecule has 0 spiro atoms. The van der Waals surface area contributed by atoms with Gasteiger partial charge in [0.25, 0.3) is 0 Å². The molecular formula is C38H25N. The van der Waals surface area contributed by atoms with Gasteiger partial charge in [-0.05, 0) is 67.1 Å². The van der Waals surface area contributed by atoms with Gasteiger partial charge in [-0.1, -0.05) is 133 Å². The van der Waals surface area contributed by atoms with Gasteiger partial charge >= 0.3 is 0 Å². The van der Waals surface area contributed by atoms with Crippen LogP contribution in [0.5, 0.6) is 0 Å². The van der Waals surface area contributed by atoms with Crippen molar-refractivity contribution in [2.75, 3.05) is 0 Å². The lowest BCUT2D eigenvalue weighted by atomic mass is 9.83. The number of hydrogen-bond acceptors (Lipinski definition) is 0. The van der Waals surface area contributed by atoms with Crippen LogP contribution in [-0.2, 0) is 0 Å². The summed E-state index contributed by atoms with van der Waals surface area (Å²) in [7, 11) is 0. The second-order valence-corrected chi connectivity index (χ2v) is 10.2. The highest BCUT2D eigenvalue weighted by molar-refractivity contribution is 6.23. The van der Waals surface area contributed by atoms with Crippen molar-refractivity contribution in [1.82, 2.24) is 4.98 Å². The largest absolute Gasteiger partial charge is 0.354 e. The Kier molecular flexibility index (Phi) is 4.89. The van der Waals surface area contributed by atoms with Gasteiger partial charge in [0.1, 0.15) is 0 Å². The van der Waals surface area contributed by atoms with E-state index in [1.807, 2.05) is 0 Å². The first-order valence-electron chi connectivity index (χ1n) is 13.5. The van der Waals surface area contributed by atoms with Gasteiger partial charge in [-0.2, -0.15) is 0 Å². The number of aromatic nitrogens is 1. The normalized spacial score (nSPS) is 11.6. The maximum atomic E-state index is 3.63. The van der Waals surface area contributed by atoms with E-state index in [2.05, 4.69) is 151 Å². The Morgan fingerprint density at radius 1 is 0.308 bits per heavy atom. The predicted molar refractivity (Wildman–Crippen MR) is 167 cm³/mol. The monoisotopic (exact) mass is 495 g/mol. The number of nitrogens with one attached hydrogen (secondary N) is 1. The number of rotatable bonds is 3. The van der Waals surface area contributed by atoms with Gasteiger partial charge < -0.3 is 4.98 Å². The molecule has 0 unspecified atom stereocenters. The van der Waals surface area contributed by atoms with Gasteiger partial charge in [-0.25, -0.2) is 0 Å². The molecule has 0 atom stereocenters. The summed E-state index contributed by atoms with van der Waals surface area (Å²) in [6, 6.07) is 52.7. The van der Waals surface area contributed by atoms with Crippen LogP contribution in [0.25, 0.3) is 76.7 Å². The Labute approximate surface area is 227 Å². The van der Waals surface area contributed by atoms with Gasteiger partial charge in [0.15, 0.2) is 0 Å². The van der Waals surface area contributed by atoms with Crippen molar-refractivity contribution in [1.29, 1.82) is 0 Å². The van der Waals surface area contributed by atoms with E-state index in [4.69, 9.17) is 0 Å². The maximum Gasteiger partial charge on any atom is 0.0471 e. The molecule has 1 N–H and O–H groups in total. The van der Waals surface area contributed by atoms with Crippen molar-refractivity contribution in [3.63, 3.8) is 0 Å². The number of fused-ring (bicyclic) bond motifs is 5. The first-order chi connectivity index (χ1) is 19.4. The van der Waals surface area contributed by atoms with Crippen molar-refractivity contribution < 1.29 is 0 Å². The molecule has 0 aliphatic heterocycles. The highest BCUT2D eigenvalue weighted by Crippen LogP contribution is 2.47. The SMILES string of the molecule is c1ccc(-c2c3ccccc3c(-c3ccccc3-c3cccc4[nH]c5ccccc5c34)c3ccccc23)cc1. The summed E-state index contributed by atoms with van der Waals surface area (Å²) in [6.07, 6.45) is 0. The third-order valence-electron chi connectivity index (χ3n) is 8.01. The minimum absolute atomic E-state index is 1.16. The van der Waals surface area contributed by atoms with Crippen molar-refractivity contribution in [2.45, 2.75) is 0 Å². The minimum atomic E-state index is 1.16. The fraction of sp³-hybridized carbons (Fsp3) is 0. The van der Waals surface area contributed by atoms with Crippen LogP contribution >= 0.6 is 0 Å². The van der Waals surface area contributed by atoms with Crippen LogP contribution in [0.1, 0.15) is 0 Å². The van der Waals surface area contributed by atoms with E-state index in [9.17, 15) is 0 Å². The van der Waals surface area contributed by atoms with Gasteiger partial charge in [0.2, 0.25) is 0 Å². The average molecular weight is 496 g/mol. The molecule has 0 aliphatic carbocycles. The lowest BCUT2D eigenvalue weighted by Crippen LogP contribution is -1.92. The van der Waals surface area contributed by atoms with Crippen LogP contribution < -0.4 is 0 Å². The van der Waals surface area contributed by atoms with E-state index in [1.165, 1.54) is 71.2 Å². The van der Waals surface area contributed by atoms with Crippen molar-refractivity contribution in [2.24, 2.45) is 0 Å². The molecule has 0 saturated carbocycles. The standard InChI is InChI=1S/C38H25N/c1-2-13-25(14-3-1)36-29-17-6-8-19-31(29)37(32-20-9-7-18-30(32)36)27-16-5-4-15-26(27)28-22-12-24-35-38(28)33-21-10-11-23-34(33)39-35/h1-24,39H. The molecule has 1 nitrogen and oxygen atoms in total. The van der Waals surface area contributed by atoms with E-state index in [0.29, 0.717) is 0 Å². The quantitative estimate of drug-likeness (QED) is 0.235. The maximum absolute atomic E-state index is 3.63. The molecular weight excluding hydrogens is 470 g/mol. The number of para-hydroxylation sites is 1. The Hall–Kier alpha value is -5.14. The molecule has 8 aromatic rings. The second-order valence-electron chi connectivity index (χ2n) is 10.2. The van der Waals surface area contributed by atoms with Crippen molar-refractivity contribution >= 4 is 43.4 Å². The molecule has 0 radical (unpaired) electrons. The summed E-state index contributed by atoms with van der Waals surface area (Å²) < 4.78 is 0. The molecule has 0 aliphatic rings. The van der Waals surface area contributed by atoms with Gasteiger partial charge in [0.05, 0.1) is 0 Å². The Morgan fingerprint density at radius 2 is 0.795 bits per heavy atom. The van der Waals surface area contributed by atoms with Crippen LogP contribution in [0, 0.1) is 0 Å². The summed E-state index contributed by atoms with van der Waals surface area (Å²) in [5.74, 6) is 0. The van der Waals surface area contributed by atoms with Crippen LogP contribution in [0.15, 0.2) is 146 Å². The predicted octanol–water partition coefficient (Wildman–Crippen LogP) is 10.6. The topological polar surface area (TPSA) is 15.8 Å². The van der Waals surface area contributed by atoms with E-state index < -0.39 is 0 Å². The summed E-state index contributed by atoms with van der Waals surface area (Å²) in [5.41, 5.74) is 9.90. The number of hydrogen-bond donors (Lipinski definition) is 1. The Morgan fingerprint density at radius 3 is 1.49 bits per heavy atom. The molecule has 7 aromatic carbocycles. The van der Waals surface area contributed by atoms with E-state index in [0.717, 1.165) is 5.52 Å². The number of benzene rings is 7. The molecule has 0 bridgehead atoms. The lowest BCUT2D eigenvalue weighted by Gasteiger charge is -2.20. The molecule has 39 heavy (non-hydrogen) atoms. The zero-order valence-corrected chi connectivity index (χ0v) is 21.4. The smallest absolute Gasteiger partial charge is 0.0471 e. The second kappa shape index (κ2) is 8.72. The van der Waals surface area contributed by atoms with E-state index >= 15 is 0 Å². The molecule has 1 aromatic heterocycles. The molecule has 0 amide bonds. The molecule has 182 valence electrons. The zero-order chi connectivity index (χ0) is 25.8. The van der Waals surface area contributed by atoms with E-state index in [-0.39, 0.29) is 0 Å². The lowest BCUT2D eigenvalue weighted by molar-refractivity contribution is 1.54. The third kappa shape index (κ3) is 3.34. The molecule has 0 fully saturated rings. The van der Waals surface area contributed by atoms with Crippen molar-refractivity contribution in [3.05, 3.63) is 146 Å². The first kappa shape index (κ1) is 21.9. The molecule has 8 rings (SSSR count). The van der Waals surface area contributed by atoms with Crippen LogP contribution in [-0.4, -0.2) is 4.98 Å². The van der Waals surface area contributed by atoms with Crippen LogP contribution in [0.4, 0.5) is 0 Å². The Bertz CT molecular complexity index is 2110. The van der Waals surface area contributed by atoms with Crippen LogP contribution in [0.2, 0.25) is 0 Å². The summed E-state index contributed by atoms with van der Waals surface area (Å²) in [6.45, 7) is 0. The Balaban J connectivity index is 1.51. The highest BCUT2D eigenvalue weighted by atomic mass is 14.7. The highest BCUT2D eigenvalue weighted by Gasteiger charge is 2.20. The van der Waals surface area contributed by atoms with Gasteiger partial charge in [-0.15, -0.1) is 0 Å². The third-order valence-corrected chi connectivity index (χ3v) is 8.01. The van der Waals surface area contributed by atoms with E-state index in [1.54, 1.807) is 0 Å². The minimum Gasteiger partial charge on any atom is -0.354 e. The molecule has 1 heterocycles. The average Bonchev–Trinajstić information content (AvgIpc) is 3.39. The summed E-state index contributed by atoms with van der Waals surface area (Å²) in [4.78, 5) is 3.63. The van der Waals surface area contributed by atoms with Gasteiger partial charge in [0, 0.05) is 21.8 Å². The zero-order valence-electron chi connectivity index (χ0n) is 21.4. The van der Waals surface area contributed by atoms with Crippen molar-refractivity contribution in [3.8, 4) is 33.4 Å². The van der Waals surface area contributed by atoms with Gasteiger partial charge in [-0.3, -0.25) is 0 Å². The summed E-state index contributed by atoms with van der Waals surface area (Å²) in [5, 5.41) is 7.62. The fourth-order valence-electron chi connectivity index (χ4n) is 6.40. The number of aromatic amines is 1. The summed E-state index contributed by atoms with van der Waals surface area (Å²) >= 11 is 0. The molecule has 0 saturated heterocycles.